The predicted molar refractivity (Wildman–Crippen MR) is 53.7 cm³/mol. The lowest BCUT2D eigenvalue weighted by Gasteiger charge is -2.12. The van der Waals surface area contributed by atoms with Gasteiger partial charge in [0.2, 0.25) is 0 Å². The molecule has 0 saturated heterocycles. The van der Waals surface area contributed by atoms with Gasteiger partial charge in [-0.1, -0.05) is 6.07 Å². The third-order valence-electron chi connectivity index (χ3n) is 1.75. The molecule has 4 nitrogen and oxygen atoms in total. The number of halogens is 3. The number of hydrogen-bond acceptors (Lipinski definition) is 4. The topological polar surface area (TPSA) is 64.7 Å². The first kappa shape index (κ1) is 13.6. The maximum Gasteiger partial charge on any atom is 0.573 e. The Kier molecular flexibility index (Phi) is 4.59. The number of aliphatic hydroxyl groups is 1. The Morgan fingerprint density at radius 2 is 1.94 bits per heavy atom. The normalized spacial score (nSPS) is 13.2. The number of ether oxygens (including phenoxy) is 2. The van der Waals surface area contributed by atoms with E-state index in [1.165, 1.54) is 12.1 Å². The van der Waals surface area contributed by atoms with Gasteiger partial charge in [0.1, 0.15) is 24.2 Å². The molecule has 0 aliphatic carbocycles. The fraction of sp³-hybridized carbons (Fsp3) is 0.400. The van der Waals surface area contributed by atoms with Gasteiger partial charge in [0.15, 0.2) is 0 Å². The zero-order valence-corrected chi connectivity index (χ0v) is 8.78. The Bertz CT molecular complexity index is 357. The van der Waals surface area contributed by atoms with E-state index in [2.05, 4.69) is 4.74 Å². The summed E-state index contributed by atoms with van der Waals surface area (Å²) >= 11 is 0. The molecular formula is C10H12F3NO3. The summed E-state index contributed by atoms with van der Waals surface area (Å²) in [6.45, 7) is -0.0787. The summed E-state index contributed by atoms with van der Waals surface area (Å²) in [6.07, 6.45) is -5.60. The first-order valence-corrected chi connectivity index (χ1v) is 4.77. The lowest BCUT2D eigenvalue weighted by atomic mass is 10.3. The Morgan fingerprint density at radius 1 is 1.29 bits per heavy atom. The Morgan fingerprint density at radius 3 is 2.53 bits per heavy atom. The predicted octanol–water partition coefficient (Wildman–Crippen LogP) is 1.28. The zero-order valence-electron chi connectivity index (χ0n) is 8.78. The lowest BCUT2D eigenvalue weighted by molar-refractivity contribution is -0.274. The highest BCUT2D eigenvalue weighted by atomic mass is 19.4. The van der Waals surface area contributed by atoms with E-state index < -0.39 is 12.5 Å². The Labute approximate surface area is 95.7 Å². The highest BCUT2D eigenvalue weighted by Crippen LogP contribution is 2.25. The third kappa shape index (κ3) is 5.41. The van der Waals surface area contributed by atoms with Crippen LogP contribution in [0.15, 0.2) is 24.3 Å². The highest BCUT2D eigenvalue weighted by molar-refractivity contribution is 5.33. The SMILES string of the molecule is NCC(O)COc1cccc(OC(F)(F)F)c1. The van der Waals surface area contributed by atoms with E-state index in [-0.39, 0.29) is 24.7 Å². The fourth-order valence-electron chi connectivity index (χ4n) is 1.02. The summed E-state index contributed by atoms with van der Waals surface area (Å²) in [5.74, 6) is -0.212. The maximum atomic E-state index is 11.9. The van der Waals surface area contributed by atoms with Crippen molar-refractivity contribution >= 4 is 0 Å². The molecular weight excluding hydrogens is 239 g/mol. The second-order valence-electron chi connectivity index (χ2n) is 3.22. The molecule has 1 aromatic carbocycles. The van der Waals surface area contributed by atoms with Crippen molar-refractivity contribution in [3.8, 4) is 11.5 Å². The van der Waals surface area contributed by atoms with Crippen LogP contribution in [0.5, 0.6) is 11.5 Å². The van der Waals surface area contributed by atoms with E-state index in [1.807, 2.05) is 0 Å². The van der Waals surface area contributed by atoms with Crippen LogP contribution in [0.2, 0.25) is 0 Å². The van der Waals surface area contributed by atoms with Crippen LogP contribution in [0.25, 0.3) is 0 Å². The van der Waals surface area contributed by atoms with Crippen LogP contribution in [0.3, 0.4) is 0 Å². The van der Waals surface area contributed by atoms with E-state index in [0.717, 1.165) is 12.1 Å². The third-order valence-corrected chi connectivity index (χ3v) is 1.75. The highest BCUT2D eigenvalue weighted by Gasteiger charge is 2.31. The molecule has 17 heavy (non-hydrogen) atoms. The molecule has 0 aliphatic heterocycles. The minimum absolute atomic E-state index is 0.0126. The van der Waals surface area contributed by atoms with Crippen molar-refractivity contribution in [3.05, 3.63) is 24.3 Å². The largest absolute Gasteiger partial charge is 0.573 e. The van der Waals surface area contributed by atoms with Gasteiger partial charge in [0.25, 0.3) is 0 Å². The molecule has 96 valence electrons. The molecule has 0 spiro atoms. The molecule has 0 fully saturated rings. The van der Waals surface area contributed by atoms with Crippen molar-refractivity contribution in [1.29, 1.82) is 0 Å². The first-order valence-electron chi connectivity index (χ1n) is 4.77. The standard InChI is InChI=1S/C10H12F3NO3/c11-10(12,13)17-9-3-1-2-8(4-9)16-6-7(15)5-14/h1-4,7,15H,5-6,14H2. The van der Waals surface area contributed by atoms with Crippen LogP contribution in [0, 0.1) is 0 Å². The van der Waals surface area contributed by atoms with Crippen LogP contribution in [0.1, 0.15) is 0 Å². The number of benzene rings is 1. The average Bonchev–Trinajstić information content (AvgIpc) is 2.24. The molecule has 1 aromatic rings. The molecule has 1 rings (SSSR count). The number of rotatable bonds is 5. The molecule has 1 atom stereocenters. The molecule has 3 N–H and O–H groups in total. The molecule has 7 heteroatoms. The molecule has 1 unspecified atom stereocenters. The van der Waals surface area contributed by atoms with E-state index >= 15 is 0 Å². The van der Waals surface area contributed by atoms with Crippen molar-refractivity contribution < 1.29 is 27.8 Å². The smallest absolute Gasteiger partial charge is 0.491 e. The van der Waals surface area contributed by atoms with Gasteiger partial charge in [-0.2, -0.15) is 0 Å². The quantitative estimate of drug-likeness (QED) is 0.827. The summed E-state index contributed by atoms with van der Waals surface area (Å²) in [5, 5.41) is 9.11. The van der Waals surface area contributed by atoms with E-state index in [4.69, 9.17) is 15.6 Å². The summed E-state index contributed by atoms with van der Waals surface area (Å²) in [6, 6.07) is 5.04. The molecule has 0 radical (unpaired) electrons. The summed E-state index contributed by atoms with van der Waals surface area (Å²) in [4.78, 5) is 0. The van der Waals surface area contributed by atoms with Crippen molar-refractivity contribution in [3.63, 3.8) is 0 Å². The van der Waals surface area contributed by atoms with Crippen LogP contribution < -0.4 is 15.2 Å². The van der Waals surface area contributed by atoms with E-state index in [1.54, 1.807) is 0 Å². The van der Waals surface area contributed by atoms with Gasteiger partial charge in [0.05, 0.1) is 0 Å². The van der Waals surface area contributed by atoms with E-state index in [0.29, 0.717) is 0 Å². The van der Waals surface area contributed by atoms with Gasteiger partial charge < -0.3 is 20.3 Å². The summed E-state index contributed by atoms with van der Waals surface area (Å²) < 4.78 is 44.5. The van der Waals surface area contributed by atoms with Gasteiger partial charge >= 0.3 is 6.36 Å². The van der Waals surface area contributed by atoms with Gasteiger partial charge in [-0.25, -0.2) is 0 Å². The van der Waals surface area contributed by atoms with Crippen molar-refractivity contribution in [2.24, 2.45) is 5.73 Å². The monoisotopic (exact) mass is 251 g/mol. The van der Waals surface area contributed by atoms with Crippen LogP contribution in [-0.2, 0) is 0 Å². The van der Waals surface area contributed by atoms with Gasteiger partial charge in [-0.05, 0) is 12.1 Å². The van der Waals surface area contributed by atoms with Crippen LogP contribution >= 0.6 is 0 Å². The molecule has 0 heterocycles. The maximum absolute atomic E-state index is 11.9. The Balaban J connectivity index is 2.60. The van der Waals surface area contributed by atoms with Gasteiger partial charge in [-0.3, -0.25) is 0 Å². The lowest BCUT2D eigenvalue weighted by Crippen LogP contribution is -2.26. The van der Waals surface area contributed by atoms with E-state index in [9.17, 15) is 13.2 Å². The number of hydrogen-bond donors (Lipinski definition) is 2. The Hall–Kier alpha value is -1.47. The zero-order chi connectivity index (χ0) is 12.9. The molecule has 0 aromatic heterocycles. The minimum Gasteiger partial charge on any atom is -0.491 e. The summed E-state index contributed by atoms with van der Waals surface area (Å²) in [7, 11) is 0. The summed E-state index contributed by atoms with van der Waals surface area (Å²) in [5.41, 5.74) is 5.15. The minimum atomic E-state index is -4.74. The molecule has 0 aliphatic rings. The first-order chi connectivity index (χ1) is 7.90. The molecule has 0 bridgehead atoms. The van der Waals surface area contributed by atoms with Crippen molar-refractivity contribution in [1.82, 2.24) is 0 Å². The number of aliphatic hydroxyl groups excluding tert-OH is 1. The fourth-order valence-corrected chi connectivity index (χ4v) is 1.02. The molecule has 0 saturated carbocycles. The molecule has 0 amide bonds. The van der Waals surface area contributed by atoms with Gasteiger partial charge in [0, 0.05) is 12.6 Å². The van der Waals surface area contributed by atoms with Crippen LogP contribution in [0.4, 0.5) is 13.2 Å². The average molecular weight is 251 g/mol. The van der Waals surface area contributed by atoms with Crippen LogP contribution in [-0.4, -0.2) is 30.7 Å². The second-order valence-corrected chi connectivity index (χ2v) is 3.22. The van der Waals surface area contributed by atoms with Gasteiger partial charge in [-0.15, -0.1) is 13.2 Å². The van der Waals surface area contributed by atoms with Crippen molar-refractivity contribution in [2.45, 2.75) is 12.5 Å². The number of alkyl halides is 3. The number of nitrogens with two attached hydrogens (primary N) is 1. The van der Waals surface area contributed by atoms with Crippen molar-refractivity contribution in [2.75, 3.05) is 13.2 Å². The second kappa shape index (κ2) is 5.74.